The molecule has 0 aliphatic carbocycles. The van der Waals surface area contributed by atoms with Crippen LogP contribution in [0, 0.1) is 88.9 Å². The van der Waals surface area contributed by atoms with Gasteiger partial charge in [0.2, 0.25) is 0 Å². The minimum absolute atomic E-state index is 0. The number of rotatable bonds is 8. The van der Waals surface area contributed by atoms with Crippen LogP contribution in [0.3, 0.4) is 0 Å². The first-order valence-electron chi connectivity index (χ1n) is 22.7. The van der Waals surface area contributed by atoms with E-state index in [4.69, 9.17) is 0 Å². The average Bonchev–Trinajstić information content (AvgIpc) is 0.833. The predicted molar refractivity (Wildman–Crippen MR) is 250 cm³/mol. The maximum atomic E-state index is 12.8. The zero-order valence-corrected chi connectivity index (χ0v) is 48.5. The van der Waals surface area contributed by atoms with Crippen LogP contribution in [0.2, 0.25) is 0 Å². The number of fused-ring (bicyclic) bond motifs is 2. The van der Waals surface area contributed by atoms with Gasteiger partial charge in [-0.2, -0.15) is 105 Å². The summed E-state index contributed by atoms with van der Waals surface area (Å²) in [4.78, 5) is 56.2. The number of allylic oxidation sites excluding steroid dienone is 8. The van der Waals surface area contributed by atoms with Gasteiger partial charge in [0.25, 0.3) is 23.1 Å². The number of carbonyl (C=O) groups excluding carboxylic acids is 4. The molecule has 2 aromatic heterocycles. The minimum atomic E-state index is -5.46. The Morgan fingerprint density at radius 2 is 0.553 bits per heavy atom. The standard InChI is InChI=1S/2C16H11FN2O.4C5H2F6O2.2Tb/c2*17-12-5-8-13(9-6-12)18-10-14-7-4-11-2-1-3-15(20)16(11)19-14;4*6-4(7,8)2(12)1-3(13)5(9,10)11;;/h2*1-10,20H;4*1,12H;;/q;;;;;;2*+3/p-6/b;;4*2-1-;;. The number of hydrogen-bond donors (Lipinski definition) is 0. The van der Waals surface area contributed by atoms with E-state index in [1.165, 1.54) is 36.4 Å². The number of ketones is 4. The molecule has 0 radical (unpaired) electrons. The van der Waals surface area contributed by atoms with Crippen molar-refractivity contribution in [1.29, 1.82) is 0 Å². The Morgan fingerprint density at radius 3 is 0.755 bits per heavy atom. The molecular weight excluding hydrogens is 1650 g/mol. The van der Waals surface area contributed by atoms with Crippen LogP contribution in [-0.2, 0) is 19.2 Å². The van der Waals surface area contributed by atoms with Crippen molar-refractivity contribution in [1.82, 2.24) is 9.97 Å². The van der Waals surface area contributed by atoms with Crippen molar-refractivity contribution >= 4 is 68.7 Å². The fourth-order valence-corrected chi connectivity index (χ4v) is 4.88. The number of aromatic nitrogens is 2. The Morgan fingerprint density at radius 1 is 0.330 bits per heavy atom. The third-order valence-corrected chi connectivity index (χ3v) is 9.04. The summed E-state index contributed by atoms with van der Waals surface area (Å²) in [6, 6.07) is 29.0. The van der Waals surface area contributed by atoms with Crippen molar-refractivity contribution in [3.8, 4) is 11.5 Å². The molecule has 4 aromatic carbocycles. The molecule has 6 aromatic rings. The second-order valence-electron chi connectivity index (χ2n) is 16.1. The molecular formula is C52H24F26N4O10Tb2. The molecule has 0 aliphatic heterocycles. The molecule has 6 rings (SSSR count). The minimum Gasteiger partial charge on any atom is -0.871 e. The SMILES string of the molecule is O=C(/C=C(\[O-])C(F)(F)F)C(F)(F)F.O=C(/C=C(\[O-])C(F)(F)F)C(F)(F)F.O=C(/C=C(\[O-])C(F)(F)F)C(F)(F)F.O=C(/C=C(\[O-])C(F)(F)F)C(F)(F)F.[O-]c1cccc2ccc(C=Nc3ccc(F)cc3)nc12.[O-]c1cccc2ccc(C=Nc3ccc(F)cc3)nc12.[Tb+3].[Tb+3]. The topological polar surface area (TPSA) is 257 Å². The van der Waals surface area contributed by atoms with Crippen molar-refractivity contribution in [2.45, 2.75) is 49.4 Å². The van der Waals surface area contributed by atoms with E-state index in [1.807, 2.05) is 24.3 Å². The van der Waals surface area contributed by atoms with Gasteiger partial charge in [0.1, 0.15) is 11.6 Å². The first kappa shape index (κ1) is 88.3. The van der Waals surface area contributed by atoms with Gasteiger partial charge in [-0.25, -0.2) is 18.7 Å². The monoisotopic (exact) mass is 1680 g/mol. The first-order valence-corrected chi connectivity index (χ1v) is 22.7. The molecule has 0 amide bonds. The van der Waals surface area contributed by atoms with Crippen LogP contribution in [0.5, 0.6) is 11.5 Å². The van der Waals surface area contributed by atoms with Crippen molar-refractivity contribution < 1.29 is 241 Å². The fourth-order valence-electron chi connectivity index (χ4n) is 4.88. The molecule has 0 aliphatic rings. The van der Waals surface area contributed by atoms with Crippen LogP contribution < -0.4 is 30.6 Å². The van der Waals surface area contributed by atoms with E-state index in [2.05, 4.69) is 20.0 Å². The van der Waals surface area contributed by atoms with Crippen LogP contribution in [-0.4, -0.2) is 94.9 Å². The number of halogens is 26. The summed E-state index contributed by atoms with van der Waals surface area (Å²) < 4.78 is 297. The van der Waals surface area contributed by atoms with E-state index in [0.717, 1.165) is 10.8 Å². The van der Waals surface area contributed by atoms with E-state index in [0.29, 0.717) is 33.8 Å². The molecule has 0 spiro atoms. The second-order valence-corrected chi connectivity index (χ2v) is 16.1. The maximum absolute atomic E-state index is 12.8. The van der Waals surface area contributed by atoms with E-state index < -0.39 is 120 Å². The Hall–Kier alpha value is -7.77. The molecule has 0 fully saturated rings. The summed E-state index contributed by atoms with van der Waals surface area (Å²) in [5.74, 6) is -23.4. The Labute approximate surface area is 566 Å². The quantitative estimate of drug-likeness (QED) is 0.0597. The molecule has 0 bridgehead atoms. The van der Waals surface area contributed by atoms with Gasteiger partial charge in [-0.05, 0) is 119 Å². The molecule has 0 saturated heterocycles. The third-order valence-electron chi connectivity index (χ3n) is 9.04. The molecule has 0 atom stereocenters. The molecule has 0 saturated carbocycles. The summed E-state index contributed by atoms with van der Waals surface area (Å²) in [7, 11) is 0. The molecule has 0 unspecified atom stereocenters. The molecule has 512 valence electrons. The number of carbonyl (C=O) groups is 4. The smallest absolute Gasteiger partial charge is 0.871 e. The van der Waals surface area contributed by atoms with Gasteiger partial charge in [-0.3, -0.25) is 29.2 Å². The van der Waals surface area contributed by atoms with E-state index in [1.54, 1.807) is 61.0 Å². The molecule has 94 heavy (non-hydrogen) atoms. The zero-order chi connectivity index (χ0) is 71.3. The number of aliphatic imine (C=N–C) groups is 2. The first-order chi connectivity index (χ1) is 41.6. The molecule has 14 nitrogen and oxygen atoms in total. The van der Waals surface area contributed by atoms with Gasteiger partial charge in [-0.1, -0.05) is 60.0 Å². The van der Waals surface area contributed by atoms with Gasteiger partial charge in [0.15, 0.2) is 0 Å². The van der Waals surface area contributed by atoms with Gasteiger partial charge >= 0.3 is 127 Å². The van der Waals surface area contributed by atoms with Crippen LogP contribution in [0.15, 0.2) is 167 Å². The third kappa shape index (κ3) is 33.4. The predicted octanol–water partition coefficient (Wildman–Crippen LogP) is 10.1. The summed E-state index contributed by atoms with van der Waals surface area (Å²) in [5, 5.41) is 64.3. The average molecular weight is 1680 g/mol. The summed E-state index contributed by atoms with van der Waals surface area (Å²) in [6.07, 6.45) is -44.7. The van der Waals surface area contributed by atoms with Crippen molar-refractivity contribution in [3.05, 3.63) is 180 Å². The fraction of sp³-hybridized carbons (Fsp3) is 0.154. The summed E-state index contributed by atoms with van der Waals surface area (Å²) in [5.41, 5.74) is 3.29. The van der Waals surface area contributed by atoms with Crippen LogP contribution >= 0.6 is 0 Å². The van der Waals surface area contributed by atoms with Crippen molar-refractivity contribution in [2.24, 2.45) is 9.98 Å². The number of para-hydroxylation sites is 2. The van der Waals surface area contributed by atoms with Crippen molar-refractivity contribution in [3.63, 3.8) is 0 Å². The number of benzene rings is 4. The Balaban J connectivity index is 0. The summed E-state index contributed by atoms with van der Waals surface area (Å²) >= 11 is 0. The van der Waals surface area contributed by atoms with E-state index in [9.17, 15) is 164 Å². The van der Waals surface area contributed by atoms with Crippen LogP contribution in [0.4, 0.5) is 126 Å². The van der Waals surface area contributed by atoms with Gasteiger partial charge in [-0.15, -0.1) is 0 Å². The molecule has 42 heteroatoms. The number of alkyl halides is 24. The largest absolute Gasteiger partial charge is 3.00 e. The molecule has 2 heterocycles. The van der Waals surface area contributed by atoms with Gasteiger partial charge in [0, 0.05) is 0 Å². The van der Waals surface area contributed by atoms with Crippen LogP contribution in [0.1, 0.15) is 11.4 Å². The maximum Gasteiger partial charge on any atom is 3.00 e. The number of hydrogen-bond acceptors (Lipinski definition) is 14. The number of pyridine rings is 2. The normalized spacial score (nSPS) is 12.8. The Bertz CT molecular complexity index is 3360. The second kappa shape index (κ2) is 36.8. The van der Waals surface area contributed by atoms with Gasteiger partial charge in [0.05, 0.1) is 46.2 Å². The summed E-state index contributed by atoms with van der Waals surface area (Å²) in [6.45, 7) is 0. The zero-order valence-electron chi connectivity index (χ0n) is 44.2. The molecule has 0 N–H and O–H groups in total. The van der Waals surface area contributed by atoms with Gasteiger partial charge < -0.3 is 30.6 Å². The van der Waals surface area contributed by atoms with Crippen LogP contribution in [0.25, 0.3) is 21.8 Å². The Kier molecular flexibility index (Phi) is 34.5. The number of nitrogens with zero attached hydrogens (tertiary/aromatic N) is 4. The van der Waals surface area contributed by atoms with Crippen molar-refractivity contribution in [2.75, 3.05) is 0 Å². The van der Waals surface area contributed by atoms with E-state index >= 15 is 0 Å². The van der Waals surface area contributed by atoms with E-state index in [-0.39, 0.29) is 100 Å².